The van der Waals surface area contributed by atoms with E-state index in [2.05, 4.69) is 11.2 Å². The molecular weight excluding hydrogens is 110 g/mol. The van der Waals surface area contributed by atoms with Gasteiger partial charge in [-0.15, -0.1) is 6.42 Å². The Hall–Kier alpha value is -0.740. The van der Waals surface area contributed by atoms with Gasteiger partial charge in [-0.25, -0.2) is 0 Å². The highest BCUT2D eigenvalue weighted by Gasteiger charge is 1.88. The van der Waals surface area contributed by atoms with Crippen molar-refractivity contribution in [1.82, 2.24) is 5.32 Å². The van der Waals surface area contributed by atoms with Gasteiger partial charge in [0, 0.05) is 6.54 Å². The summed E-state index contributed by atoms with van der Waals surface area (Å²) in [7, 11) is 0. The number of hydrogen-bond donors (Lipinski definition) is 1. The smallest absolute Gasteiger partial charge is 0.0660 e. The van der Waals surface area contributed by atoms with Crippen LogP contribution in [0.1, 0.15) is 13.8 Å². The molecule has 0 heterocycles. The third kappa shape index (κ3) is 5.13. The van der Waals surface area contributed by atoms with E-state index in [0.29, 0.717) is 0 Å². The van der Waals surface area contributed by atoms with Crippen LogP contribution < -0.4 is 5.32 Å². The zero-order valence-electron chi connectivity index (χ0n) is 6.02. The predicted molar refractivity (Wildman–Crippen MR) is 41.1 cm³/mol. The normalized spacial score (nSPS) is 13.4. The maximum atomic E-state index is 5.12. The molecule has 0 bridgehead atoms. The van der Waals surface area contributed by atoms with Gasteiger partial charge in [-0.1, -0.05) is 18.1 Å². The molecule has 1 nitrogen and oxygen atoms in total. The van der Waals surface area contributed by atoms with Crippen LogP contribution in [-0.2, 0) is 0 Å². The lowest BCUT2D eigenvalue weighted by Crippen LogP contribution is -2.23. The Balaban J connectivity index is 3.19. The van der Waals surface area contributed by atoms with E-state index in [4.69, 9.17) is 6.42 Å². The molecule has 0 aromatic rings. The second-order valence-electron chi connectivity index (χ2n) is 1.87. The number of nitrogens with one attached hydrogen (secondary N) is 1. The first-order valence-electron chi connectivity index (χ1n) is 3.12. The van der Waals surface area contributed by atoms with E-state index >= 15 is 0 Å². The highest BCUT2D eigenvalue weighted by molar-refractivity contribution is 4.97. The molecular formula is C8H13N. The third-order valence-electron chi connectivity index (χ3n) is 1.03. The maximum absolute atomic E-state index is 5.12. The van der Waals surface area contributed by atoms with Gasteiger partial charge in [0.15, 0.2) is 0 Å². The predicted octanol–water partition coefficient (Wildman–Crippen LogP) is 1.17. The molecule has 0 fully saturated rings. The van der Waals surface area contributed by atoms with Crippen LogP contribution >= 0.6 is 0 Å². The van der Waals surface area contributed by atoms with Crippen molar-refractivity contribution >= 4 is 0 Å². The summed E-state index contributed by atoms with van der Waals surface area (Å²) in [4.78, 5) is 0. The molecule has 1 atom stereocenters. The van der Waals surface area contributed by atoms with Crippen LogP contribution in [0.25, 0.3) is 0 Å². The molecule has 1 N–H and O–H groups in total. The van der Waals surface area contributed by atoms with Crippen LogP contribution in [0.15, 0.2) is 12.2 Å². The van der Waals surface area contributed by atoms with Gasteiger partial charge in [0.2, 0.25) is 0 Å². The van der Waals surface area contributed by atoms with Crippen molar-refractivity contribution < 1.29 is 0 Å². The van der Waals surface area contributed by atoms with Gasteiger partial charge in [-0.05, 0) is 13.8 Å². The van der Waals surface area contributed by atoms with Gasteiger partial charge >= 0.3 is 0 Å². The molecule has 0 aliphatic heterocycles. The summed E-state index contributed by atoms with van der Waals surface area (Å²) in [6.07, 6.45) is 9.15. The minimum atomic E-state index is 0.182. The molecule has 0 saturated heterocycles. The zero-order chi connectivity index (χ0) is 7.11. The average Bonchev–Trinajstić information content (AvgIpc) is 1.89. The van der Waals surface area contributed by atoms with Crippen molar-refractivity contribution in [3.05, 3.63) is 12.2 Å². The standard InChI is InChI=1S/C8H13N/c1-4-6-7-9-8(3)5-2/h2,4,6,8-9H,7H2,1,3H3/b6-4+. The Morgan fingerprint density at radius 2 is 2.44 bits per heavy atom. The van der Waals surface area contributed by atoms with Crippen molar-refractivity contribution in [2.24, 2.45) is 0 Å². The largest absolute Gasteiger partial charge is 0.300 e. The van der Waals surface area contributed by atoms with Gasteiger partial charge in [-0.3, -0.25) is 0 Å². The molecule has 0 spiro atoms. The molecule has 0 saturated carbocycles. The molecule has 0 aliphatic carbocycles. The SMILES string of the molecule is C#CC(C)NC/C=C/C. The molecule has 0 aromatic carbocycles. The van der Waals surface area contributed by atoms with E-state index < -0.39 is 0 Å². The van der Waals surface area contributed by atoms with Crippen molar-refractivity contribution in [2.45, 2.75) is 19.9 Å². The van der Waals surface area contributed by atoms with Crippen molar-refractivity contribution in [3.8, 4) is 12.3 Å². The summed E-state index contributed by atoms with van der Waals surface area (Å²) in [6, 6.07) is 0.182. The highest BCUT2D eigenvalue weighted by Crippen LogP contribution is 1.75. The molecule has 0 rings (SSSR count). The van der Waals surface area contributed by atoms with Crippen molar-refractivity contribution in [2.75, 3.05) is 6.54 Å². The van der Waals surface area contributed by atoms with Gasteiger partial charge in [0.05, 0.1) is 6.04 Å². The lowest BCUT2D eigenvalue weighted by Gasteiger charge is -2.01. The quantitative estimate of drug-likeness (QED) is 0.439. The Bertz CT molecular complexity index is 119. The first-order valence-corrected chi connectivity index (χ1v) is 3.12. The number of terminal acetylenes is 1. The lowest BCUT2D eigenvalue weighted by atomic mass is 10.3. The van der Waals surface area contributed by atoms with Gasteiger partial charge in [0.1, 0.15) is 0 Å². The molecule has 50 valence electrons. The Labute approximate surface area is 57.2 Å². The van der Waals surface area contributed by atoms with Crippen LogP contribution in [0.5, 0.6) is 0 Å². The zero-order valence-corrected chi connectivity index (χ0v) is 6.02. The summed E-state index contributed by atoms with van der Waals surface area (Å²) < 4.78 is 0. The topological polar surface area (TPSA) is 12.0 Å². The highest BCUT2D eigenvalue weighted by atomic mass is 14.9. The van der Waals surface area contributed by atoms with E-state index in [1.807, 2.05) is 26.0 Å². The summed E-state index contributed by atoms with van der Waals surface area (Å²) in [5.74, 6) is 2.58. The molecule has 0 radical (unpaired) electrons. The van der Waals surface area contributed by atoms with Crippen molar-refractivity contribution in [1.29, 1.82) is 0 Å². The molecule has 1 heteroatoms. The lowest BCUT2D eigenvalue weighted by molar-refractivity contribution is 0.703. The number of allylic oxidation sites excluding steroid dienone is 1. The monoisotopic (exact) mass is 123 g/mol. The fraction of sp³-hybridized carbons (Fsp3) is 0.500. The van der Waals surface area contributed by atoms with Gasteiger partial charge in [-0.2, -0.15) is 0 Å². The third-order valence-corrected chi connectivity index (χ3v) is 1.03. The van der Waals surface area contributed by atoms with E-state index in [1.54, 1.807) is 0 Å². The van der Waals surface area contributed by atoms with Gasteiger partial charge < -0.3 is 5.32 Å². The molecule has 0 aliphatic rings. The second-order valence-corrected chi connectivity index (χ2v) is 1.87. The van der Waals surface area contributed by atoms with E-state index in [9.17, 15) is 0 Å². The Morgan fingerprint density at radius 3 is 2.89 bits per heavy atom. The Morgan fingerprint density at radius 1 is 1.78 bits per heavy atom. The molecule has 0 aromatic heterocycles. The van der Waals surface area contributed by atoms with Crippen molar-refractivity contribution in [3.63, 3.8) is 0 Å². The summed E-state index contributed by atoms with van der Waals surface area (Å²) in [5, 5.41) is 3.11. The minimum absolute atomic E-state index is 0.182. The average molecular weight is 123 g/mol. The molecule has 0 amide bonds. The van der Waals surface area contributed by atoms with Gasteiger partial charge in [0.25, 0.3) is 0 Å². The van der Waals surface area contributed by atoms with Crippen LogP contribution in [0.3, 0.4) is 0 Å². The summed E-state index contributed by atoms with van der Waals surface area (Å²) >= 11 is 0. The van der Waals surface area contributed by atoms with Crippen LogP contribution in [-0.4, -0.2) is 12.6 Å². The second kappa shape index (κ2) is 5.40. The Kier molecular flexibility index (Phi) is 4.95. The number of rotatable bonds is 3. The fourth-order valence-corrected chi connectivity index (χ4v) is 0.422. The number of hydrogen-bond acceptors (Lipinski definition) is 1. The van der Waals surface area contributed by atoms with E-state index in [0.717, 1.165) is 6.54 Å². The van der Waals surface area contributed by atoms with Crippen LogP contribution in [0.4, 0.5) is 0 Å². The molecule has 1 unspecified atom stereocenters. The summed E-state index contributed by atoms with van der Waals surface area (Å²) in [6.45, 7) is 4.81. The van der Waals surface area contributed by atoms with Crippen LogP contribution in [0, 0.1) is 12.3 Å². The maximum Gasteiger partial charge on any atom is 0.0660 e. The fourth-order valence-electron chi connectivity index (χ4n) is 0.422. The first-order chi connectivity index (χ1) is 4.31. The molecule has 9 heavy (non-hydrogen) atoms. The van der Waals surface area contributed by atoms with E-state index in [-0.39, 0.29) is 6.04 Å². The summed E-state index contributed by atoms with van der Waals surface area (Å²) in [5.41, 5.74) is 0. The first kappa shape index (κ1) is 8.26. The van der Waals surface area contributed by atoms with Crippen LogP contribution in [0.2, 0.25) is 0 Å². The van der Waals surface area contributed by atoms with E-state index in [1.165, 1.54) is 0 Å². The minimum Gasteiger partial charge on any atom is -0.300 e.